The fraction of sp³-hybridized carbons (Fsp3) is 0.300. The van der Waals surface area contributed by atoms with Crippen LogP contribution >= 0.6 is 0 Å². The van der Waals surface area contributed by atoms with Crippen molar-refractivity contribution in [2.24, 2.45) is 0 Å². The third kappa shape index (κ3) is 2.68. The van der Waals surface area contributed by atoms with Crippen molar-refractivity contribution in [1.29, 1.82) is 0 Å². The highest BCUT2D eigenvalue weighted by molar-refractivity contribution is 7.90. The maximum Gasteiger partial charge on any atom is 0.340 e. The summed E-state index contributed by atoms with van der Waals surface area (Å²) < 4.78 is 32.4. The van der Waals surface area contributed by atoms with Gasteiger partial charge in [0.05, 0.1) is 19.8 Å². The zero-order valence-electron chi connectivity index (χ0n) is 9.68. The van der Waals surface area contributed by atoms with Gasteiger partial charge >= 0.3 is 5.97 Å². The predicted molar refractivity (Wildman–Crippen MR) is 61.9 cm³/mol. The van der Waals surface area contributed by atoms with Gasteiger partial charge in [-0.2, -0.15) is 0 Å². The molecule has 0 aliphatic carbocycles. The van der Waals surface area contributed by atoms with Crippen molar-refractivity contribution in [3.8, 4) is 5.75 Å². The van der Waals surface area contributed by atoms with Gasteiger partial charge in [0.15, 0.2) is 9.84 Å². The van der Waals surface area contributed by atoms with Gasteiger partial charge in [-0.1, -0.05) is 0 Å². The average molecular weight is 259 g/mol. The molecule has 0 aliphatic heterocycles. The van der Waals surface area contributed by atoms with Crippen molar-refractivity contribution in [3.63, 3.8) is 0 Å². The van der Waals surface area contributed by atoms with Crippen molar-refractivity contribution in [3.05, 3.63) is 17.7 Å². The Labute approximate surface area is 99.2 Å². The van der Waals surface area contributed by atoms with Crippen LogP contribution in [0.5, 0.6) is 5.75 Å². The SMILES string of the molecule is COC(=O)c1cc(S(C)(=O)=O)c(OC)cc1N. The maximum atomic E-state index is 11.5. The Kier molecular flexibility index (Phi) is 3.62. The molecule has 0 unspecified atom stereocenters. The summed E-state index contributed by atoms with van der Waals surface area (Å²) in [6.07, 6.45) is 1.02. The van der Waals surface area contributed by atoms with E-state index in [-0.39, 0.29) is 21.9 Å². The minimum atomic E-state index is -3.51. The number of sulfone groups is 1. The first-order valence-electron chi connectivity index (χ1n) is 4.57. The molecule has 0 amide bonds. The molecule has 0 fully saturated rings. The molecule has 1 aromatic rings. The smallest absolute Gasteiger partial charge is 0.340 e. The van der Waals surface area contributed by atoms with E-state index in [2.05, 4.69) is 4.74 Å². The number of hydrogen-bond acceptors (Lipinski definition) is 6. The molecule has 0 aliphatic rings. The van der Waals surface area contributed by atoms with E-state index in [4.69, 9.17) is 10.5 Å². The van der Waals surface area contributed by atoms with Crippen LogP contribution in [0.2, 0.25) is 0 Å². The van der Waals surface area contributed by atoms with E-state index in [9.17, 15) is 13.2 Å². The summed E-state index contributed by atoms with van der Waals surface area (Å²) in [7, 11) is -1.01. The van der Waals surface area contributed by atoms with Crippen LogP contribution in [-0.4, -0.2) is 34.9 Å². The summed E-state index contributed by atoms with van der Waals surface area (Å²) in [6, 6.07) is 2.43. The molecule has 2 N–H and O–H groups in total. The maximum absolute atomic E-state index is 11.5. The number of rotatable bonds is 3. The van der Waals surface area contributed by atoms with Gasteiger partial charge in [0.2, 0.25) is 0 Å². The molecule has 0 bridgehead atoms. The zero-order chi connectivity index (χ0) is 13.2. The lowest BCUT2D eigenvalue weighted by Crippen LogP contribution is -2.09. The van der Waals surface area contributed by atoms with Gasteiger partial charge in [-0.3, -0.25) is 0 Å². The van der Waals surface area contributed by atoms with Crippen LogP contribution in [0, 0.1) is 0 Å². The summed E-state index contributed by atoms with van der Waals surface area (Å²) in [5.74, 6) is -0.604. The van der Waals surface area contributed by atoms with Gasteiger partial charge < -0.3 is 15.2 Å². The Morgan fingerprint density at radius 3 is 2.29 bits per heavy atom. The number of nitrogens with two attached hydrogens (primary N) is 1. The van der Waals surface area contributed by atoms with Gasteiger partial charge in [-0.05, 0) is 6.07 Å². The Balaban J connectivity index is 3.54. The molecule has 17 heavy (non-hydrogen) atoms. The molecule has 0 heterocycles. The Bertz CT molecular complexity index is 550. The van der Waals surface area contributed by atoms with Crippen LogP contribution in [-0.2, 0) is 14.6 Å². The highest BCUT2D eigenvalue weighted by Gasteiger charge is 2.20. The van der Waals surface area contributed by atoms with Crippen molar-refractivity contribution in [1.82, 2.24) is 0 Å². The van der Waals surface area contributed by atoms with Crippen LogP contribution in [0.15, 0.2) is 17.0 Å². The monoisotopic (exact) mass is 259 g/mol. The van der Waals surface area contributed by atoms with Gasteiger partial charge in [-0.25, -0.2) is 13.2 Å². The number of benzene rings is 1. The van der Waals surface area contributed by atoms with Crippen LogP contribution < -0.4 is 10.5 Å². The van der Waals surface area contributed by atoms with Crippen molar-refractivity contribution in [2.45, 2.75) is 4.90 Å². The molecule has 0 saturated carbocycles. The third-order valence-electron chi connectivity index (χ3n) is 2.14. The van der Waals surface area contributed by atoms with Gasteiger partial charge in [0.25, 0.3) is 0 Å². The molecular formula is C10H13NO5S. The summed E-state index contributed by atoms with van der Waals surface area (Å²) in [5.41, 5.74) is 5.70. The van der Waals surface area contributed by atoms with E-state index in [0.717, 1.165) is 12.3 Å². The summed E-state index contributed by atoms with van der Waals surface area (Å²) in [4.78, 5) is 11.3. The molecule has 1 rings (SSSR count). The normalized spacial score (nSPS) is 11.0. The molecule has 0 saturated heterocycles. The van der Waals surface area contributed by atoms with E-state index in [1.807, 2.05) is 0 Å². The number of hydrogen-bond donors (Lipinski definition) is 1. The van der Waals surface area contributed by atoms with E-state index in [1.54, 1.807) is 0 Å². The molecule has 6 nitrogen and oxygen atoms in total. The number of nitrogen functional groups attached to an aromatic ring is 1. The van der Waals surface area contributed by atoms with Crippen LogP contribution in [0.1, 0.15) is 10.4 Å². The largest absolute Gasteiger partial charge is 0.495 e. The first kappa shape index (κ1) is 13.3. The number of anilines is 1. The number of esters is 1. The second kappa shape index (κ2) is 4.62. The third-order valence-corrected chi connectivity index (χ3v) is 3.26. The lowest BCUT2D eigenvalue weighted by Gasteiger charge is -2.10. The molecular weight excluding hydrogens is 246 g/mol. The van der Waals surface area contributed by atoms with Crippen molar-refractivity contribution in [2.75, 3.05) is 26.2 Å². The first-order valence-corrected chi connectivity index (χ1v) is 6.46. The second-order valence-electron chi connectivity index (χ2n) is 3.35. The second-order valence-corrected chi connectivity index (χ2v) is 5.34. The zero-order valence-corrected chi connectivity index (χ0v) is 10.5. The lowest BCUT2D eigenvalue weighted by atomic mass is 10.2. The molecule has 7 heteroatoms. The quantitative estimate of drug-likeness (QED) is 0.626. The standard InChI is InChI=1S/C10H13NO5S/c1-15-8-5-7(11)6(10(12)16-2)4-9(8)17(3,13)14/h4-5H,11H2,1-3H3. The van der Waals surface area contributed by atoms with E-state index >= 15 is 0 Å². The van der Waals surface area contributed by atoms with Gasteiger partial charge in [0, 0.05) is 18.0 Å². The summed E-state index contributed by atoms with van der Waals surface area (Å²) in [6.45, 7) is 0. The topological polar surface area (TPSA) is 95.7 Å². The minimum absolute atomic E-state index is 0.00581. The molecule has 0 spiro atoms. The summed E-state index contributed by atoms with van der Waals surface area (Å²) in [5, 5.41) is 0. The highest BCUT2D eigenvalue weighted by Crippen LogP contribution is 2.29. The number of ether oxygens (including phenoxy) is 2. The first-order chi connectivity index (χ1) is 7.81. The molecule has 0 atom stereocenters. The molecule has 1 aromatic carbocycles. The lowest BCUT2D eigenvalue weighted by molar-refractivity contribution is 0.0601. The van der Waals surface area contributed by atoms with Gasteiger partial charge in [0.1, 0.15) is 10.6 Å². The number of carbonyl (C=O) groups excluding carboxylic acids is 1. The fourth-order valence-electron chi connectivity index (χ4n) is 1.31. The minimum Gasteiger partial charge on any atom is -0.495 e. The predicted octanol–water partition coefficient (Wildman–Crippen LogP) is 0.468. The fourth-order valence-corrected chi connectivity index (χ4v) is 2.15. The molecule has 0 aromatic heterocycles. The Morgan fingerprint density at radius 1 is 1.29 bits per heavy atom. The van der Waals surface area contributed by atoms with Gasteiger partial charge in [-0.15, -0.1) is 0 Å². The molecule has 94 valence electrons. The van der Waals surface area contributed by atoms with Crippen molar-refractivity contribution < 1.29 is 22.7 Å². The van der Waals surface area contributed by atoms with Crippen molar-refractivity contribution >= 4 is 21.5 Å². The van der Waals surface area contributed by atoms with E-state index in [0.29, 0.717) is 0 Å². The van der Waals surface area contributed by atoms with Crippen LogP contribution in [0.4, 0.5) is 5.69 Å². The highest BCUT2D eigenvalue weighted by atomic mass is 32.2. The Morgan fingerprint density at radius 2 is 1.88 bits per heavy atom. The number of carbonyl (C=O) groups is 1. The van der Waals surface area contributed by atoms with E-state index < -0.39 is 15.8 Å². The number of methoxy groups -OCH3 is 2. The van der Waals surface area contributed by atoms with Crippen LogP contribution in [0.3, 0.4) is 0 Å². The van der Waals surface area contributed by atoms with Crippen LogP contribution in [0.25, 0.3) is 0 Å². The summed E-state index contributed by atoms with van der Waals surface area (Å²) >= 11 is 0. The average Bonchev–Trinajstić information content (AvgIpc) is 2.25. The van der Waals surface area contributed by atoms with E-state index in [1.165, 1.54) is 20.3 Å². The molecule has 0 radical (unpaired) electrons. The Hall–Kier alpha value is -1.76.